The minimum absolute atomic E-state index is 0.251. The lowest BCUT2D eigenvalue weighted by atomic mass is 10.5. The Morgan fingerprint density at radius 1 is 1.35 bits per heavy atom. The molecule has 0 unspecified atom stereocenters. The van der Waals surface area contributed by atoms with Crippen molar-refractivity contribution in [1.82, 2.24) is 9.97 Å². The van der Waals surface area contributed by atoms with Crippen molar-refractivity contribution in [1.29, 1.82) is 0 Å². The third-order valence-corrected chi connectivity index (χ3v) is 2.44. The molecule has 0 aliphatic carbocycles. The lowest BCUT2D eigenvalue weighted by Gasteiger charge is -2.03. The van der Waals surface area contributed by atoms with Gasteiger partial charge in [-0.15, -0.1) is 5.54 Å². The topological polar surface area (TPSA) is 50.2 Å². The summed E-state index contributed by atoms with van der Waals surface area (Å²) in [4.78, 5) is 7.43. The molecule has 0 amide bonds. The molecule has 0 saturated carbocycles. The highest BCUT2D eigenvalue weighted by Crippen LogP contribution is 1.98. The molecule has 0 saturated heterocycles. The number of rotatable bonds is 2. The molecule has 0 atom stereocenters. The van der Waals surface area contributed by atoms with Gasteiger partial charge in [-0.2, -0.15) is 5.10 Å². The molecule has 1 heterocycles. The van der Waals surface area contributed by atoms with Gasteiger partial charge < -0.3 is 0 Å². The van der Waals surface area contributed by atoms with Crippen LogP contribution in [0.5, 0.6) is 0 Å². The second-order valence-electron chi connectivity index (χ2n) is 4.53. The van der Waals surface area contributed by atoms with Crippen LogP contribution in [0.4, 0.5) is 10.3 Å². The maximum atomic E-state index is 12.5. The van der Waals surface area contributed by atoms with Crippen LogP contribution in [0, 0.1) is 17.3 Å². The highest BCUT2D eigenvalue weighted by molar-refractivity contribution is 6.84. The standard InChI is InChI=1S/C11H15FN4Si/c1-9(5-6-17(2,3)4)15-16-11-13-7-10(12)8-14-11/h7-8H,1-4H3,(H,13,14,16)/b15-9+. The van der Waals surface area contributed by atoms with E-state index in [9.17, 15) is 4.39 Å². The van der Waals surface area contributed by atoms with Crippen molar-refractivity contribution < 1.29 is 4.39 Å². The average Bonchev–Trinajstić information content (AvgIpc) is 2.25. The van der Waals surface area contributed by atoms with Gasteiger partial charge in [-0.3, -0.25) is 0 Å². The molecule has 0 bridgehead atoms. The molecular weight excluding hydrogens is 235 g/mol. The molecule has 0 spiro atoms. The fraction of sp³-hybridized carbons (Fsp3) is 0.364. The monoisotopic (exact) mass is 250 g/mol. The van der Waals surface area contributed by atoms with E-state index in [4.69, 9.17) is 0 Å². The van der Waals surface area contributed by atoms with Crippen LogP contribution >= 0.6 is 0 Å². The summed E-state index contributed by atoms with van der Waals surface area (Å²) >= 11 is 0. The number of nitrogens with zero attached hydrogens (tertiary/aromatic N) is 3. The van der Waals surface area contributed by atoms with E-state index in [-0.39, 0.29) is 5.95 Å². The van der Waals surface area contributed by atoms with Gasteiger partial charge >= 0.3 is 0 Å². The van der Waals surface area contributed by atoms with Crippen LogP contribution in [0.25, 0.3) is 0 Å². The summed E-state index contributed by atoms with van der Waals surface area (Å²) in [7, 11) is -1.39. The molecular formula is C11H15FN4Si. The van der Waals surface area contributed by atoms with E-state index < -0.39 is 13.9 Å². The summed E-state index contributed by atoms with van der Waals surface area (Å²) in [6, 6.07) is 0. The molecule has 0 aromatic carbocycles. The van der Waals surface area contributed by atoms with Gasteiger partial charge in [-0.25, -0.2) is 19.8 Å². The van der Waals surface area contributed by atoms with Crippen molar-refractivity contribution in [3.8, 4) is 11.5 Å². The van der Waals surface area contributed by atoms with Crippen LogP contribution in [0.1, 0.15) is 6.92 Å². The molecule has 0 fully saturated rings. The fourth-order valence-corrected chi connectivity index (χ4v) is 1.37. The van der Waals surface area contributed by atoms with Gasteiger partial charge in [0.2, 0.25) is 5.95 Å². The maximum absolute atomic E-state index is 12.5. The second kappa shape index (κ2) is 5.55. The molecule has 0 aliphatic heterocycles. The maximum Gasteiger partial charge on any atom is 0.243 e. The van der Waals surface area contributed by atoms with E-state index in [0.717, 1.165) is 12.4 Å². The van der Waals surface area contributed by atoms with Crippen LogP contribution in [0.15, 0.2) is 17.5 Å². The van der Waals surface area contributed by atoms with Crippen LogP contribution in [-0.2, 0) is 0 Å². The molecule has 1 N–H and O–H groups in total. The Labute approximate surface area is 101 Å². The first-order valence-corrected chi connectivity index (χ1v) is 8.68. The largest absolute Gasteiger partial charge is 0.244 e. The lowest BCUT2D eigenvalue weighted by molar-refractivity contribution is 0.614. The Kier molecular flexibility index (Phi) is 4.35. The van der Waals surface area contributed by atoms with Crippen molar-refractivity contribution in [2.24, 2.45) is 5.10 Å². The van der Waals surface area contributed by atoms with Gasteiger partial charge in [0.05, 0.1) is 12.4 Å². The molecule has 1 aromatic rings. The summed E-state index contributed by atoms with van der Waals surface area (Å²) in [6.07, 6.45) is 2.15. The Bertz CT molecular complexity index is 465. The van der Waals surface area contributed by atoms with Gasteiger partial charge in [-0.05, 0) is 6.92 Å². The van der Waals surface area contributed by atoms with Gasteiger partial charge in [0, 0.05) is 0 Å². The molecule has 0 aliphatic rings. The summed E-state index contributed by atoms with van der Waals surface area (Å²) in [5, 5.41) is 3.99. The quantitative estimate of drug-likeness (QED) is 0.379. The van der Waals surface area contributed by atoms with Crippen molar-refractivity contribution in [3.05, 3.63) is 18.2 Å². The Morgan fingerprint density at radius 2 is 1.94 bits per heavy atom. The zero-order chi connectivity index (χ0) is 12.9. The first kappa shape index (κ1) is 13.3. The third kappa shape index (κ3) is 5.78. The van der Waals surface area contributed by atoms with Crippen molar-refractivity contribution in [3.63, 3.8) is 0 Å². The summed E-state index contributed by atoms with van der Waals surface area (Å²) in [5.74, 6) is 2.75. The summed E-state index contributed by atoms with van der Waals surface area (Å²) in [6.45, 7) is 8.26. The van der Waals surface area contributed by atoms with Crippen LogP contribution in [0.2, 0.25) is 19.6 Å². The van der Waals surface area contributed by atoms with Crippen molar-refractivity contribution in [2.75, 3.05) is 5.43 Å². The second-order valence-corrected chi connectivity index (χ2v) is 9.28. The van der Waals surface area contributed by atoms with Crippen molar-refractivity contribution in [2.45, 2.75) is 26.6 Å². The number of hydrogen-bond acceptors (Lipinski definition) is 4. The molecule has 90 valence electrons. The minimum atomic E-state index is -1.39. The predicted octanol–water partition coefficient (Wildman–Crippen LogP) is 2.28. The zero-order valence-corrected chi connectivity index (χ0v) is 11.4. The van der Waals surface area contributed by atoms with E-state index >= 15 is 0 Å². The van der Waals surface area contributed by atoms with E-state index in [1.807, 2.05) is 0 Å². The van der Waals surface area contributed by atoms with E-state index in [1.54, 1.807) is 6.92 Å². The number of anilines is 1. The smallest absolute Gasteiger partial charge is 0.243 e. The molecule has 1 aromatic heterocycles. The van der Waals surface area contributed by atoms with Crippen molar-refractivity contribution >= 4 is 19.7 Å². The van der Waals surface area contributed by atoms with E-state index in [1.165, 1.54) is 0 Å². The highest BCUT2D eigenvalue weighted by atomic mass is 28.3. The SMILES string of the molecule is C/C(C#C[Si](C)(C)C)=N\Nc1ncc(F)cn1. The number of hydrazone groups is 1. The first-order valence-electron chi connectivity index (χ1n) is 5.18. The Hall–Kier alpha value is -1.74. The lowest BCUT2D eigenvalue weighted by Crippen LogP contribution is -2.16. The molecule has 17 heavy (non-hydrogen) atoms. The molecule has 6 heteroatoms. The normalized spacial score (nSPS) is 11.7. The van der Waals surface area contributed by atoms with Gasteiger partial charge in [0.15, 0.2) is 5.82 Å². The van der Waals surface area contributed by atoms with E-state index in [0.29, 0.717) is 5.71 Å². The van der Waals surface area contributed by atoms with Gasteiger partial charge in [0.25, 0.3) is 0 Å². The number of aromatic nitrogens is 2. The highest BCUT2D eigenvalue weighted by Gasteiger charge is 2.07. The minimum Gasteiger partial charge on any atom is -0.244 e. The molecule has 4 nitrogen and oxygen atoms in total. The van der Waals surface area contributed by atoms with Crippen LogP contribution in [0.3, 0.4) is 0 Å². The van der Waals surface area contributed by atoms with Crippen LogP contribution < -0.4 is 5.43 Å². The van der Waals surface area contributed by atoms with Gasteiger partial charge in [-0.1, -0.05) is 25.6 Å². The number of nitrogens with one attached hydrogen (secondary N) is 1. The van der Waals surface area contributed by atoms with E-state index in [2.05, 4.69) is 51.6 Å². The average molecular weight is 250 g/mol. The number of halogens is 1. The third-order valence-electron chi connectivity index (χ3n) is 1.56. The first-order chi connectivity index (χ1) is 7.87. The van der Waals surface area contributed by atoms with Gasteiger partial charge in [0.1, 0.15) is 13.8 Å². The Morgan fingerprint density at radius 3 is 2.47 bits per heavy atom. The zero-order valence-electron chi connectivity index (χ0n) is 10.4. The predicted molar refractivity (Wildman–Crippen MR) is 69.8 cm³/mol. The molecule has 0 radical (unpaired) electrons. The Balaban J connectivity index is 2.64. The fourth-order valence-electron chi connectivity index (χ4n) is 0.810. The summed E-state index contributed by atoms with van der Waals surface area (Å²) < 4.78 is 12.5. The summed E-state index contributed by atoms with van der Waals surface area (Å²) in [5.41, 5.74) is 6.46. The number of hydrogen-bond donors (Lipinski definition) is 1. The molecule has 1 rings (SSSR count). The van der Waals surface area contributed by atoms with Crippen LogP contribution in [-0.4, -0.2) is 23.8 Å².